The van der Waals surface area contributed by atoms with Crippen LogP contribution in [0.15, 0.2) is 12.1 Å². The summed E-state index contributed by atoms with van der Waals surface area (Å²) >= 11 is 6.08. The number of carbonyl (C=O) groups excluding carboxylic acids is 1. The number of carbonyl (C=O) groups is 1. The third kappa shape index (κ3) is 1.90. The monoisotopic (exact) mass is 277 g/mol. The van der Waals surface area contributed by atoms with Crippen molar-refractivity contribution >= 4 is 34.0 Å². The first kappa shape index (κ1) is 12.2. The number of hydrogen-bond donors (Lipinski definition) is 0. The summed E-state index contributed by atoms with van der Waals surface area (Å²) in [7, 11) is 1.73. The van der Waals surface area contributed by atoms with E-state index < -0.39 is 0 Å². The first-order valence-corrected chi connectivity index (χ1v) is 6.31. The summed E-state index contributed by atoms with van der Waals surface area (Å²) in [6.45, 7) is 2.25. The molecule has 1 aliphatic rings. The first-order chi connectivity index (χ1) is 9.08. The molecular weight excluding hydrogens is 266 g/mol. The molecule has 19 heavy (non-hydrogen) atoms. The van der Waals surface area contributed by atoms with E-state index in [0.29, 0.717) is 29.6 Å². The van der Waals surface area contributed by atoms with Crippen molar-refractivity contribution in [2.24, 2.45) is 0 Å². The highest BCUT2D eigenvalue weighted by atomic mass is 35.5. The first-order valence-electron chi connectivity index (χ1n) is 5.94. The van der Waals surface area contributed by atoms with Gasteiger partial charge in [-0.15, -0.1) is 5.10 Å². The quantitative estimate of drug-likeness (QED) is 0.742. The zero-order valence-corrected chi connectivity index (χ0v) is 11.4. The smallest absolute Gasteiger partial charge is 0.230 e. The minimum absolute atomic E-state index is 0.0213. The van der Waals surface area contributed by atoms with E-state index in [9.17, 15) is 4.79 Å². The molecule has 3 rings (SSSR count). The van der Waals surface area contributed by atoms with Gasteiger partial charge in [0.1, 0.15) is 5.75 Å². The molecule has 0 atom stereocenters. The van der Waals surface area contributed by atoms with Crippen LogP contribution in [0.4, 0.5) is 5.69 Å². The Morgan fingerprint density at radius 3 is 2.89 bits per heavy atom. The summed E-state index contributed by atoms with van der Waals surface area (Å²) in [6.07, 6.45) is 0.366. The van der Waals surface area contributed by atoms with Gasteiger partial charge in [-0.1, -0.05) is 11.6 Å². The summed E-state index contributed by atoms with van der Waals surface area (Å²) in [6, 6.07) is 3.70. The minimum Gasteiger partial charge on any atom is -0.491 e. The van der Waals surface area contributed by atoms with Gasteiger partial charge in [-0.3, -0.25) is 4.79 Å². The summed E-state index contributed by atoms with van der Waals surface area (Å²) in [5.41, 5.74) is 1.49. The van der Waals surface area contributed by atoms with Crippen LogP contribution in [0.5, 0.6) is 5.75 Å². The molecule has 98 valence electrons. The summed E-state index contributed by atoms with van der Waals surface area (Å²) < 4.78 is 5.64. The molecular formula is C13H12ClN3O2. The number of nitrogens with zero attached hydrogens (tertiary/aromatic N) is 3. The maximum absolute atomic E-state index is 11.8. The summed E-state index contributed by atoms with van der Waals surface area (Å²) in [5.74, 6) is 0.695. The van der Waals surface area contributed by atoms with Crippen molar-refractivity contribution in [1.29, 1.82) is 0 Å². The third-order valence-electron chi connectivity index (χ3n) is 3.31. The Bertz CT molecular complexity index is 687. The van der Waals surface area contributed by atoms with Crippen molar-refractivity contribution in [2.45, 2.75) is 13.3 Å². The Labute approximate surface area is 115 Å². The van der Waals surface area contributed by atoms with Crippen LogP contribution in [0.25, 0.3) is 10.8 Å². The largest absolute Gasteiger partial charge is 0.491 e. The Morgan fingerprint density at radius 2 is 2.11 bits per heavy atom. The number of amides is 1. The van der Waals surface area contributed by atoms with Crippen molar-refractivity contribution in [3.63, 3.8) is 0 Å². The van der Waals surface area contributed by atoms with Crippen molar-refractivity contribution in [3.8, 4) is 5.75 Å². The van der Waals surface area contributed by atoms with Crippen LogP contribution < -0.4 is 9.64 Å². The second kappa shape index (κ2) is 4.35. The van der Waals surface area contributed by atoms with Crippen molar-refractivity contribution < 1.29 is 9.53 Å². The Kier molecular flexibility index (Phi) is 2.78. The van der Waals surface area contributed by atoms with E-state index in [1.54, 1.807) is 11.9 Å². The molecule has 1 aromatic carbocycles. The van der Waals surface area contributed by atoms with Gasteiger partial charge in [-0.25, -0.2) is 0 Å². The molecule has 0 saturated heterocycles. The lowest BCUT2D eigenvalue weighted by atomic mass is 10.1. The highest BCUT2D eigenvalue weighted by molar-refractivity contribution is 6.34. The summed E-state index contributed by atoms with van der Waals surface area (Å²) in [4.78, 5) is 13.4. The molecule has 0 spiro atoms. The maximum Gasteiger partial charge on any atom is 0.230 e. The molecule has 2 heterocycles. The average molecular weight is 278 g/mol. The second-order valence-corrected chi connectivity index (χ2v) is 4.85. The minimum atomic E-state index is 0.0213. The molecule has 0 aliphatic carbocycles. The second-order valence-electron chi connectivity index (χ2n) is 4.49. The van der Waals surface area contributed by atoms with E-state index in [0.717, 1.165) is 16.5 Å². The highest BCUT2D eigenvalue weighted by Crippen LogP contribution is 2.37. The standard InChI is InChI=1S/C13H12ClN3O2/c1-7-8-6-11-10(5-9(8)13(14)16-15-7)17(2)12(18)3-4-19-11/h5-6H,3-4H2,1-2H3. The SMILES string of the molecule is Cc1nnc(Cl)c2cc3c(cc12)OCCC(=O)N3C. The molecule has 1 aliphatic heterocycles. The topological polar surface area (TPSA) is 55.3 Å². The number of rotatable bonds is 0. The number of halogens is 1. The molecule has 0 saturated carbocycles. The Balaban J connectivity index is 2.32. The van der Waals surface area contributed by atoms with E-state index >= 15 is 0 Å². The van der Waals surface area contributed by atoms with E-state index in [2.05, 4.69) is 10.2 Å². The predicted octanol–water partition coefficient (Wildman–Crippen LogP) is 2.34. The fraction of sp³-hybridized carbons (Fsp3) is 0.308. The lowest BCUT2D eigenvalue weighted by molar-refractivity contribution is -0.118. The zero-order chi connectivity index (χ0) is 13.6. The van der Waals surface area contributed by atoms with Gasteiger partial charge >= 0.3 is 0 Å². The number of hydrogen-bond acceptors (Lipinski definition) is 4. The fourth-order valence-electron chi connectivity index (χ4n) is 2.19. The van der Waals surface area contributed by atoms with Crippen LogP contribution in [0.3, 0.4) is 0 Å². The molecule has 6 heteroatoms. The van der Waals surface area contributed by atoms with Crippen LogP contribution in [0.1, 0.15) is 12.1 Å². The molecule has 0 radical (unpaired) electrons. The van der Waals surface area contributed by atoms with Crippen LogP contribution in [0.2, 0.25) is 5.15 Å². The number of aromatic nitrogens is 2. The van der Waals surface area contributed by atoms with Crippen molar-refractivity contribution in [3.05, 3.63) is 23.0 Å². The molecule has 0 unspecified atom stereocenters. The van der Waals surface area contributed by atoms with Gasteiger partial charge in [0.2, 0.25) is 5.91 Å². The van der Waals surface area contributed by atoms with Gasteiger partial charge in [0, 0.05) is 17.8 Å². The van der Waals surface area contributed by atoms with Crippen LogP contribution in [-0.2, 0) is 4.79 Å². The number of benzene rings is 1. The van der Waals surface area contributed by atoms with E-state index in [-0.39, 0.29) is 5.91 Å². The number of fused-ring (bicyclic) bond motifs is 2. The van der Waals surface area contributed by atoms with Gasteiger partial charge in [-0.05, 0) is 19.1 Å². The molecule has 0 N–H and O–H groups in total. The highest BCUT2D eigenvalue weighted by Gasteiger charge is 2.21. The fourth-order valence-corrected chi connectivity index (χ4v) is 2.39. The van der Waals surface area contributed by atoms with Gasteiger partial charge < -0.3 is 9.64 Å². The van der Waals surface area contributed by atoms with Gasteiger partial charge in [-0.2, -0.15) is 5.10 Å². The zero-order valence-electron chi connectivity index (χ0n) is 10.6. The van der Waals surface area contributed by atoms with Crippen LogP contribution in [-0.4, -0.2) is 29.8 Å². The van der Waals surface area contributed by atoms with E-state index in [1.165, 1.54) is 0 Å². The van der Waals surface area contributed by atoms with Crippen molar-refractivity contribution in [1.82, 2.24) is 10.2 Å². The molecule has 1 amide bonds. The molecule has 5 nitrogen and oxygen atoms in total. The predicted molar refractivity (Wildman–Crippen MR) is 72.8 cm³/mol. The van der Waals surface area contributed by atoms with Crippen LogP contribution >= 0.6 is 11.6 Å². The Hall–Kier alpha value is -1.88. The van der Waals surface area contributed by atoms with Gasteiger partial charge in [0.05, 0.1) is 24.4 Å². The number of ether oxygens (including phenoxy) is 1. The maximum atomic E-state index is 11.8. The molecule has 0 fully saturated rings. The average Bonchev–Trinajstić information content (AvgIpc) is 2.54. The molecule has 1 aromatic heterocycles. The third-order valence-corrected chi connectivity index (χ3v) is 3.59. The van der Waals surface area contributed by atoms with E-state index in [4.69, 9.17) is 16.3 Å². The Morgan fingerprint density at radius 1 is 1.32 bits per heavy atom. The van der Waals surface area contributed by atoms with Crippen molar-refractivity contribution in [2.75, 3.05) is 18.6 Å². The normalized spacial score (nSPS) is 15.1. The summed E-state index contributed by atoms with van der Waals surface area (Å²) in [5, 5.41) is 9.88. The number of aryl methyl sites for hydroxylation is 1. The molecule has 2 aromatic rings. The van der Waals surface area contributed by atoms with E-state index in [1.807, 2.05) is 19.1 Å². The number of anilines is 1. The molecule has 0 bridgehead atoms. The van der Waals surface area contributed by atoms with Gasteiger partial charge in [0.15, 0.2) is 5.15 Å². The van der Waals surface area contributed by atoms with Gasteiger partial charge in [0.25, 0.3) is 0 Å². The lowest BCUT2D eigenvalue weighted by Crippen LogP contribution is -2.25. The lowest BCUT2D eigenvalue weighted by Gasteiger charge is -2.17. The van der Waals surface area contributed by atoms with Crippen LogP contribution in [0, 0.1) is 6.92 Å².